The number of rotatable bonds is 2. The van der Waals surface area contributed by atoms with Gasteiger partial charge >= 0.3 is 0 Å². The van der Waals surface area contributed by atoms with Gasteiger partial charge in [-0.15, -0.1) is 0 Å². The largest absolute Gasteiger partial charge is 0.327 e. The minimum atomic E-state index is -3.49. The van der Waals surface area contributed by atoms with E-state index in [0.717, 1.165) is 10.8 Å². The van der Waals surface area contributed by atoms with Crippen LogP contribution in [0.25, 0.3) is 10.8 Å². The average molecular weight is 305 g/mol. The molecule has 2 N–H and O–H groups in total. The minimum absolute atomic E-state index is 0.0770. The molecule has 1 saturated heterocycles. The molecule has 2 aromatic rings. The van der Waals surface area contributed by atoms with Crippen molar-refractivity contribution >= 4 is 20.8 Å². The van der Waals surface area contributed by atoms with Gasteiger partial charge in [-0.2, -0.15) is 4.31 Å². The molecule has 0 radical (unpaired) electrons. The summed E-state index contributed by atoms with van der Waals surface area (Å²) in [5.41, 5.74) is 5.98. The van der Waals surface area contributed by atoms with Gasteiger partial charge in [0.1, 0.15) is 0 Å². The van der Waals surface area contributed by atoms with E-state index in [9.17, 15) is 8.42 Å². The molecular formula is C15H19N3O2S. The van der Waals surface area contributed by atoms with E-state index in [2.05, 4.69) is 4.98 Å². The van der Waals surface area contributed by atoms with Crippen LogP contribution in [0.15, 0.2) is 41.6 Å². The lowest BCUT2D eigenvalue weighted by atomic mass is 9.96. The normalized spacial score (nSPS) is 24.3. The lowest BCUT2D eigenvalue weighted by Crippen LogP contribution is -2.48. The fourth-order valence-corrected chi connectivity index (χ4v) is 4.57. The van der Waals surface area contributed by atoms with E-state index in [1.807, 2.05) is 13.0 Å². The standard InChI is InChI=1S/C15H19N3O2S/c1-11-10-18(8-6-14(11)16)21(19,20)15-4-2-3-12-9-17-7-5-13(12)15/h2-5,7,9,11,14H,6,8,10,16H2,1H3. The summed E-state index contributed by atoms with van der Waals surface area (Å²) in [6.07, 6.45) is 4.01. The predicted molar refractivity (Wildman–Crippen MR) is 82.3 cm³/mol. The Morgan fingerprint density at radius 3 is 2.90 bits per heavy atom. The number of nitrogens with two attached hydrogens (primary N) is 1. The molecule has 6 heteroatoms. The maximum absolute atomic E-state index is 12.9. The highest BCUT2D eigenvalue weighted by Gasteiger charge is 2.32. The second-order valence-electron chi connectivity index (χ2n) is 5.65. The number of pyridine rings is 1. The smallest absolute Gasteiger partial charge is 0.243 e. The molecule has 1 aromatic carbocycles. The van der Waals surface area contributed by atoms with Gasteiger partial charge in [0.15, 0.2) is 0 Å². The summed E-state index contributed by atoms with van der Waals surface area (Å²) >= 11 is 0. The average Bonchev–Trinajstić information content (AvgIpc) is 2.49. The monoisotopic (exact) mass is 305 g/mol. The van der Waals surface area contributed by atoms with Gasteiger partial charge in [-0.3, -0.25) is 4.98 Å². The third-order valence-electron chi connectivity index (χ3n) is 4.19. The third kappa shape index (κ3) is 2.54. The number of hydrogen-bond donors (Lipinski definition) is 1. The van der Waals surface area contributed by atoms with Gasteiger partial charge in [0.2, 0.25) is 10.0 Å². The molecule has 0 bridgehead atoms. The Bertz CT molecular complexity index is 755. The fourth-order valence-electron chi connectivity index (χ4n) is 2.80. The molecule has 1 aliphatic heterocycles. The molecule has 112 valence electrons. The van der Waals surface area contributed by atoms with Crippen LogP contribution in [0.3, 0.4) is 0 Å². The van der Waals surface area contributed by atoms with Gasteiger partial charge < -0.3 is 5.73 Å². The molecule has 1 aromatic heterocycles. The lowest BCUT2D eigenvalue weighted by Gasteiger charge is -2.34. The molecule has 3 rings (SSSR count). The summed E-state index contributed by atoms with van der Waals surface area (Å²) in [6, 6.07) is 7.12. The number of piperidine rings is 1. The zero-order valence-corrected chi connectivity index (χ0v) is 12.8. The summed E-state index contributed by atoms with van der Waals surface area (Å²) in [4.78, 5) is 4.40. The number of hydrogen-bond acceptors (Lipinski definition) is 4. The van der Waals surface area contributed by atoms with Crippen molar-refractivity contribution in [1.29, 1.82) is 0 Å². The third-order valence-corrected chi connectivity index (χ3v) is 6.12. The second kappa shape index (κ2) is 5.36. The maximum Gasteiger partial charge on any atom is 0.243 e. The summed E-state index contributed by atoms with van der Waals surface area (Å²) in [5.74, 6) is 0.171. The number of aromatic nitrogens is 1. The van der Waals surface area contributed by atoms with E-state index in [0.29, 0.717) is 24.4 Å². The summed E-state index contributed by atoms with van der Waals surface area (Å²) in [5, 5.41) is 1.55. The highest BCUT2D eigenvalue weighted by Crippen LogP contribution is 2.28. The minimum Gasteiger partial charge on any atom is -0.327 e. The Hall–Kier alpha value is -1.50. The molecule has 5 nitrogen and oxygen atoms in total. The van der Waals surface area contributed by atoms with E-state index >= 15 is 0 Å². The van der Waals surface area contributed by atoms with E-state index in [-0.39, 0.29) is 12.0 Å². The second-order valence-corrected chi connectivity index (χ2v) is 7.55. The van der Waals surface area contributed by atoms with Crippen molar-refractivity contribution in [1.82, 2.24) is 9.29 Å². The molecule has 0 amide bonds. The number of nitrogens with zero attached hydrogens (tertiary/aromatic N) is 2. The van der Waals surface area contributed by atoms with Gasteiger partial charge in [-0.05, 0) is 24.5 Å². The lowest BCUT2D eigenvalue weighted by molar-refractivity contribution is 0.250. The van der Waals surface area contributed by atoms with Gasteiger partial charge in [0, 0.05) is 42.3 Å². The molecule has 2 atom stereocenters. The topological polar surface area (TPSA) is 76.3 Å². The molecule has 2 heterocycles. The van der Waals surface area contributed by atoms with E-state index in [4.69, 9.17) is 5.73 Å². The first-order chi connectivity index (χ1) is 10.00. The van der Waals surface area contributed by atoms with Crippen molar-refractivity contribution in [2.75, 3.05) is 13.1 Å². The van der Waals surface area contributed by atoms with Crippen molar-refractivity contribution in [2.45, 2.75) is 24.3 Å². The zero-order valence-electron chi connectivity index (χ0n) is 11.9. The summed E-state index contributed by atoms with van der Waals surface area (Å²) in [6.45, 7) is 2.96. The quantitative estimate of drug-likeness (QED) is 0.914. The highest BCUT2D eigenvalue weighted by molar-refractivity contribution is 7.89. The van der Waals surface area contributed by atoms with Crippen LogP contribution in [-0.2, 0) is 10.0 Å². The van der Waals surface area contributed by atoms with Crippen LogP contribution >= 0.6 is 0 Å². The first kappa shape index (κ1) is 14.4. The van der Waals surface area contributed by atoms with Crippen LogP contribution in [0.4, 0.5) is 0 Å². The van der Waals surface area contributed by atoms with Crippen LogP contribution in [0.1, 0.15) is 13.3 Å². The van der Waals surface area contributed by atoms with E-state index in [1.54, 1.807) is 34.9 Å². The van der Waals surface area contributed by atoms with Crippen LogP contribution in [0.2, 0.25) is 0 Å². The van der Waals surface area contributed by atoms with Crippen molar-refractivity contribution in [3.05, 3.63) is 36.7 Å². The summed E-state index contributed by atoms with van der Waals surface area (Å²) < 4.78 is 27.4. The van der Waals surface area contributed by atoms with Gasteiger partial charge in [-0.1, -0.05) is 19.1 Å². The van der Waals surface area contributed by atoms with Gasteiger partial charge in [0.25, 0.3) is 0 Å². The molecule has 0 saturated carbocycles. The molecule has 2 unspecified atom stereocenters. The number of sulfonamides is 1. The van der Waals surface area contributed by atoms with Crippen molar-refractivity contribution in [3.8, 4) is 0 Å². The SMILES string of the molecule is CC1CN(S(=O)(=O)c2cccc3cnccc23)CCC1N. The predicted octanol–water partition coefficient (Wildman–Crippen LogP) is 1.59. The Morgan fingerprint density at radius 2 is 2.14 bits per heavy atom. The molecule has 0 spiro atoms. The molecule has 21 heavy (non-hydrogen) atoms. The molecule has 1 aliphatic rings. The first-order valence-electron chi connectivity index (χ1n) is 7.08. The van der Waals surface area contributed by atoms with Gasteiger partial charge in [-0.25, -0.2) is 8.42 Å². The van der Waals surface area contributed by atoms with Crippen LogP contribution in [0.5, 0.6) is 0 Å². The maximum atomic E-state index is 12.9. The Balaban J connectivity index is 2.05. The molecule has 1 fully saturated rings. The van der Waals surface area contributed by atoms with Crippen LogP contribution < -0.4 is 5.73 Å². The Morgan fingerprint density at radius 1 is 1.33 bits per heavy atom. The Kier molecular flexibility index (Phi) is 3.69. The number of benzene rings is 1. The molecule has 0 aliphatic carbocycles. The van der Waals surface area contributed by atoms with Crippen LogP contribution in [-0.4, -0.2) is 36.8 Å². The van der Waals surface area contributed by atoms with Gasteiger partial charge in [0.05, 0.1) is 4.90 Å². The van der Waals surface area contributed by atoms with E-state index in [1.165, 1.54) is 0 Å². The summed E-state index contributed by atoms with van der Waals surface area (Å²) in [7, 11) is -3.49. The van der Waals surface area contributed by atoms with E-state index < -0.39 is 10.0 Å². The first-order valence-corrected chi connectivity index (χ1v) is 8.52. The Labute approximate surface area is 124 Å². The van der Waals surface area contributed by atoms with Crippen LogP contribution in [0, 0.1) is 5.92 Å². The van der Waals surface area contributed by atoms with Crippen molar-refractivity contribution in [2.24, 2.45) is 11.7 Å². The fraction of sp³-hybridized carbons (Fsp3) is 0.400. The number of fused-ring (bicyclic) bond motifs is 1. The van der Waals surface area contributed by atoms with Crippen molar-refractivity contribution < 1.29 is 8.42 Å². The zero-order chi connectivity index (χ0) is 15.0. The molecular weight excluding hydrogens is 286 g/mol. The highest BCUT2D eigenvalue weighted by atomic mass is 32.2. The van der Waals surface area contributed by atoms with Crippen molar-refractivity contribution in [3.63, 3.8) is 0 Å².